The van der Waals surface area contributed by atoms with Crippen LogP contribution in [0.1, 0.15) is 103 Å². The van der Waals surface area contributed by atoms with Crippen LogP contribution >= 0.6 is 0 Å². The molecule has 10 aliphatic rings. The summed E-state index contributed by atoms with van der Waals surface area (Å²) in [6, 6.07) is -0.987. The van der Waals surface area contributed by atoms with Crippen LogP contribution in [0.25, 0.3) is 0 Å². The van der Waals surface area contributed by atoms with Crippen LogP contribution in [0, 0.1) is 0 Å². The average molecular weight is 826 g/mol. The van der Waals surface area contributed by atoms with Crippen molar-refractivity contribution in [3.63, 3.8) is 0 Å². The van der Waals surface area contributed by atoms with E-state index in [1.165, 1.54) is 0 Å². The Morgan fingerprint density at radius 3 is 1.15 bits per heavy atom. The van der Waals surface area contributed by atoms with Crippen LogP contribution in [0.5, 0.6) is 0 Å². The van der Waals surface area contributed by atoms with E-state index in [1.807, 2.05) is 24.3 Å². The monoisotopic (exact) mass is 825 g/mol. The molecule has 0 aromatic carbocycles. The van der Waals surface area contributed by atoms with Gasteiger partial charge in [-0.15, -0.1) is 0 Å². The Bertz CT molecular complexity index is 2170. The van der Waals surface area contributed by atoms with Crippen LogP contribution < -0.4 is 10.6 Å². The average Bonchev–Trinajstić information content (AvgIpc) is 3.95. The molecule has 16 bridgehead atoms. The van der Waals surface area contributed by atoms with Gasteiger partial charge in [-0.25, -0.2) is 16.8 Å². The zero-order valence-electron chi connectivity index (χ0n) is 30.3. The summed E-state index contributed by atoms with van der Waals surface area (Å²) in [6.45, 7) is 0. The number of rotatable bonds is 2. The topological polar surface area (TPSA) is 213 Å². The third-order valence-corrected chi connectivity index (χ3v) is 14.8. The first-order valence-corrected chi connectivity index (χ1v) is 21.8. The maximum absolute atomic E-state index is 12.2. The molecule has 10 aliphatic heterocycles. The van der Waals surface area contributed by atoms with E-state index < -0.39 is 42.1 Å². The van der Waals surface area contributed by atoms with Gasteiger partial charge < -0.3 is 19.7 Å². The van der Waals surface area contributed by atoms with Gasteiger partial charge in [-0.3, -0.25) is 30.0 Å². The van der Waals surface area contributed by atoms with Gasteiger partial charge in [-0.05, 0) is 139 Å². The molecule has 4 unspecified atom stereocenters. The summed E-state index contributed by atoms with van der Waals surface area (Å²) in [6.07, 6.45) is 22.7. The molecule has 0 aromatic heterocycles. The number of fused-ring (bicyclic) bond motifs is 12. The van der Waals surface area contributed by atoms with Gasteiger partial charge in [0.05, 0.1) is 12.1 Å². The van der Waals surface area contributed by atoms with Gasteiger partial charge in [0.2, 0.25) is 0 Å². The molecule has 55 heavy (non-hydrogen) atoms. The van der Waals surface area contributed by atoms with Crippen molar-refractivity contribution >= 4 is 54.5 Å². The van der Waals surface area contributed by atoms with Gasteiger partial charge in [0.25, 0.3) is 0 Å². The Morgan fingerprint density at radius 1 is 0.473 bits per heavy atom. The number of allylic oxidation sites excluding steroid dienone is 12. The first-order valence-electron chi connectivity index (χ1n) is 19.0. The smallest absolute Gasteiger partial charge is 0.746 e. The Kier molecular flexibility index (Phi) is 10.0. The van der Waals surface area contributed by atoms with E-state index in [4.69, 9.17) is 9.98 Å². The minimum atomic E-state index is -4.60. The van der Waals surface area contributed by atoms with E-state index >= 15 is 0 Å². The molecule has 10 heterocycles. The molecule has 2 fully saturated rings. The van der Waals surface area contributed by atoms with Crippen LogP contribution in [0.15, 0.2) is 101 Å². The van der Waals surface area contributed by atoms with E-state index in [0.29, 0.717) is 49.9 Å². The minimum absolute atomic E-state index is 0. The molecule has 2 saturated heterocycles. The van der Waals surface area contributed by atoms with Crippen LogP contribution in [-0.4, -0.2) is 82.0 Å². The second kappa shape index (κ2) is 14.4. The number of nitrogens with zero attached hydrogens (tertiary/aromatic N) is 6. The van der Waals surface area contributed by atoms with Crippen molar-refractivity contribution in [3.8, 4) is 0 Å². The van der Waals surface area contributed by atoms with Gasteiger partial charge in [0, 0.05) is 68.5 Å². The first kappa shape index (κ1) is 38.3. The molecule has 17 heteroatoms. The number of aliphatic imine (C=N–C) groups is 6. The van der Waals surface area contributed by atoms with Crippen molar-refractivity contribution < 1.29 is 43.0 Å². The summed E-state index contributed by atoms with van der Waals surface area (Å²) in [5.74, 6) is 0. The van der Waals surface area contributed by atoms with E-state index in [-0.39, 0.29) is 29.9 Å². The molecular formula is C38H42MnN8O6S2. The summed E-state index contributed by atoms with van der Waals surface area (Å²) >= 11 is 0. The second-order valence-electron chi connectivity index (χ2n) is 15.6. The van der Waals surface area contributed by atoms with Crippen molar-refractivity contribution in [1.82, 2.24) is 10.6 Å². The third kappa shape index (κ3) is 7.39. The van der Waals surface area contributed by atoms with E-state index in [1.54, 1.807) is 0 Å². The Morgan fingerprint density at radius 2 is 0.800 bits per heavy atom. The van der Waals surface area contributed by atoms with E-state index in [9.17, 15) is 25.9 Å². The maximum atomic E-state index is 12.2. The molecular weight excluding hydrogens is 784 g/mol. The maximum Gasteiger partial charge on any atom is 2.00 e. The number of hydrogen-bond donors (Lipinski definition) is 2. The Hall–Kier alpha value is -3.60. The fourth-order valence-electron chi connectivity index (χ4n) is 9.20. The molecule has 289 valence electrons. The standard InChI is InChI=1S/2C19H22N4O3S.Mn/c2*24-27(25,26)19-8-7-17(23-19)11-15-4-3-13(21-15)9-12-1-2-14(20-12)10-16-5-6-18(19)22-16;/h2*9-11,18,22H,1-8H2,(H,24,25,26);/q;;+2/p-2. The predicted octanol–water partition coefficient (Wildman–Crippen LogP) is 4.70. The van der Waals surface area contributed by atoms with Gasteiger partial charge in [0.1, 0.15) is 20.2 Å². The van der Waals surface area contributed by atoms with Gasteiger partial charge >= 0.3 is 17.1 Å². The number of hydrogen-bond acceptors (Lipinski definition) is 14. The van der Waals surface area contributed by atoms with Crippen molar-refractivity contribution in [3.05, 3.63) is 70.6 Å². The summed E-state index contributed by atoms with van der Waals surface area (Å²) in [4.78, 5) is 24.4. The molecule has 4 atom stereocenters. The van der Waals surface area contributed by atoms with Crippen LogP contribution in [-0.2, 0) is 37.3 Å². The molecule has 10 rings (SSSR count). The predicted molar refractivity (Wildman–Crippen MR) is 206 cm³/mol. The van der Waals surface area contributed by atoms with Crippen LogP contribution in [0.4, 0.5) is 0 Å². The summed E-state index contributed by atoms with van der Waals surface area (Å²) in [5, 5.41) is 6.55. The van der Waals surface area contributed by atoms with Crippen molar-refractivity contribution in [1.29, 1.82) is 0 Å². The normalized spacial score (nSPS) is 31.8. The molecule has 0 spiro atoms. The molecule has 0 aliphatic carbocycles. The molecule has 0 amide bonds. The molecule has 2 N–H and O–H groups in total. The van der Waals surface area contributed by atoms with Crippen LogP contribution in [0.2, 0.25) is 0 Å². The van der Waals surface area contributed by atoms with Gasteiger partial charge in [0.15, 0.2) is 9.74 Å². The van der Waals surface area contributed by atoms with Crippen molar-refractivity contribution in [2.75, 3.05) is 0 Å². The van der Waals surface area contributed by atoms with E-state index in [2.05, 4.69) is 42.8 Å². The SMILES string of the molecule is O=S(=O)([O-])C12CCC(=N1)C=C1CCC(=N1)C=C1CCC(=N1)C=C1CCC2N1.O=S(=O)([O-])C12CCC(=N1)C=C1CCC(=N1)C=C1CCC(=N1)C=C1CCC2N1.[Mn+2]. The van der Waals surface area contributed by atoms with Gasteiger partial charge in [-0.2, -0.15) is 0 Å². The first-order chi connectivity index (χ1) is 25.8. The van der Waals surface area contributed by atoms with Crippen molar-refractivity contribution in [2.24, 2.45) is 30.0 Å². The molecule has 1 radical (unpaired) electrons. The van der Waals surface area contributed by atoms with Crippen molar-refractivity contribution in [2.45, 2.75) is 125 Å². The summed E-state index contributed by atoms with van der Waals surface area (Å²) in [5.41, 5.74) is 11.1. The Labute approximate surface area is 331 Å². The zero-order chi connectivity index (χ0) is 37.3. The fraction of sp³-hybridized carbons (Fsp3) is 0.526. The molecule has 0 aromatic rings. The zero-order valence-corrected chi connectivity index (χ0v) is 33.1. The minimum Gasteiger partial charge on any atom is -0.746 e. The Balaban J connectivity index is 0.000000153. The number of nitrogens with one attached hydrogen (secondary N) is 2. The van der Waals surface area contributed by atoms with E-state index in [0.717, 1.165) is 108 Å². The van der Waals surface area contributed by atoms with Crippen LogP contribution in [0.3, 0.4) is 0 Å². The second-order valence-corrected chi connectivity index (χ2v) is 18.8. The fourth-order valence-corrected chi connectivity index (χ4v) is 11.4. The quantitative estimate of drug-likeness (QED) is 0.294. The van der Waals surface area contributed by atoms with Gasteiger partial charge in [-0.1, -0.05) is 0 Å². The summed E-state index contributed by atoms with van der Waals surface area (Å²) < 4.78 is 73.4. The molecule has 0 saturated carbocycles. The third-order valence-electron chi connectivity index (χ3n) is 11.9. The molecule has 14 nitrogen and oxygen atoms in total. The largest absolute Gasteiger partial charge is 2.00 e. The summed E-state index contributed by atoms with van der Waals surface area (Å²) in [7, 11) is -9.20.